The van der Waals surface area contributed by atoms with Gasteiger partial charge >= 0.3 is 36.8 Å². The van der Waals surface area contributed by atoms with Crippen LogP contribution in [-0.4, -0.2) is 33.2 Å². The van der Waals surface area contributed by atoms with Crippen molar-refractivity contribution in [2.45, 2.75) is 38.7 Å². The largest absolute Gasteiger partial charge is 2.00 e. The maximum absolute atomic E-state index is 12.8. The zero-order valence-electron chi connectivity index (χ0n) is 18.8. The number of aromatic nitrogens is 2. The maximum atomic E-state index is 12.8. The summed E-state index contributed by atoms with van der Waals surface area (Å²) in [4.78, 5) is 27.1. The number of benzene rings is 1. The minimum Gasteiger partial charge on any atom is -0.358 e. The zero-order valence-corrected chi connectivity index (χ0v) is 24.6. The van der Waals surface area contributed by atoms with Gasteiger partial charge < -0.3 is 17.6 Å². The number of hydrogen-bond acceptors (Lipinski definition) is 6. The molecule has 1 unspecified atom stereocenters. The fourth-order valence-corrected chi connectivity index (χ4v) is 4.61. The fourth-order valence-electron chi connectivity index (χ4n) is 3.31. The summed E-state index contributed by atoms with van der Waals surface area (Å²) in [5.74, 6) is 1.74. The summed E-state index contributed by atoms with van der Waals surface area (Å²) >= 11 is 7.10. The standard InChI is InChI=1S/C19H21N4O2S2.C2H6.CH3.U/c1-21-16-15(17(26)23(10-12-8-9-12)19(25)22(16)2)20-18(21)27-11-14(24)13-6-4-3-5-7-13;1-2;;/h4-7,12,18,20H,8-11H2,1-2H3;1-2H3;1H3;/q-1;;-1;+2. The summed E-state index contributed by atoms with van der Waals surface area (Å²) in [5, 5.41) is 3.41. The Kier molecular flexibility index (Phi) is 11.1. The summed E-state index contributed by atoms with van der Waals surface area (Å²) in [6.07, 6.45) is 2.32. The monoisotopic (exact) mass is 684 g/mol. The third-order valence-electron chi connectivity index (χ3n) is 5.02. The molecule has 4 rings (SSSR count). The molecule has 0 spiro atoms. The molecule has 166 valence electrons. The Balaban J connectivity index is 0.00000117. The predicted molar refractivity (Wildman–Crippen MR) is 129 cm³/mol. The van der Waals surface area contributed by atoms with Crippen LogP contribution in [0.5, 0.6) is 0 Å². The van der Waals surface area contributed by atoms with Gasteiger partial charge in [-0.1, -0.05) is 31.6 Å². The van der Waals surface area contributed by atoms with E-state index in [1.165, 1.54) is 11.8 Å². The van der Waals surface area contributed by atoms with Gasteiger partial charge in [0.05, 0.1) is 5.75 Å². The van der Waals surface area contributed by atoms with Gasteiger partial charge in [-0.25, -0.2) is 4.79 Å². The average molecular weight is 685 g/mol. The van der Waals surface area contributed by atoms with Crippen LogP contribution in [-0.2, 0) is 13.6 Å². The summed E-state index contributed by atoms with van der Waals surface area (Å²) in [6, 6.07) is 9.95. The molecule has 1 aliphatic carbocycles. The minimum atomic E-state index is -0.150. The Morgan fingerprint density at radius 3 is 2.45 bits per heavy atom. The SMILES string of the molecule is CC.CN1c2c(c(=S)n(CC3CC3)c(=O)n2C)NC1SCC(=O)c1cc[c-]cc1.[CH3-].[U+2]. The molecule has 1 saturated carbocycles. The van der Waals surface area contributed by atoms with Crippen molar-refractivity contribution in [3.63, 3.8) is 0 Å². The van der Waals surface area contributed by atoms with E-state index in [1.54, 1.807) is 40.4 Å². The van der Waals surface area contributed by atoms with Crippen LogP contribution >= 0.6 is 24.0 Å². The minimum absolute atomic E-state index is 0. The molecule has 9 heteroatoms. The van der Waals surface area contributed by atoms with E-state index in [9.17, 15) is 9.59 Å². The molecule has 0 bridgehead atoms. The summed E-state index contributed by atoms with van der Waals surface area (Å²) in [7, 11) is 3.69. The number of thioether (sulfide) groups is 1. The van der Waals surface area contributed by atoms with Gasteiger partial charge in [0, 0.05) is 20.6 Å². The van der Waals surface area contributed by atoms with E-state index in [1.807, 2.05) is 25.8 Å². The quantitative estimate of drug-likeness (QED) is 0.278. The number of Topliss-reactive ketones (excluding diaryl/α,β-unsaturated/α-hetero) is 1. The third kappa shape index (κ3) is 6.07. The van der Waals surface area contributed by atoms with E-state index in [2.05, 4.69) is 11.4 Å². The molecular weight excluding hydrogens is 654 g/mol. The van der Waals surface area contributed by atoms with Crippen molar-refractivity contribution < 1.29 is 35.9 Å². The van der Waals surface area contributed by atoms with E-state index in [0.717, 1.165) is 24.3 Å². The van der Waals surface area contributed by atoms with Gasteiger partial charge in [0.1, 0.15) is 27.4 Å². The van der Waals surface area contributed by atoms with Crippen molar-refractivity contribution >= 4 is 41.3 Å². The van der Waals surface area contributed by atoms with E-state index in [-0.39, 0.29) is 55.5 Å². The van der Waals surface area contributed by atoms with E-state index in [4.69, 9.17) is 12.2 Å². The van der Waals surface area contributed by atoms with E-state index < -0.39 is 0 Å². The van der Waals surface area contributed by atoms with Crippen LogP contribution in [0.2, 0.25) is 0 Å². The Hall–Kier alpha value is -1.01. The van der Waals surface area contributed by atoms with Crippen LogP contribution in [0.1, 0.15) is 37.0 Å². The predicted octanol–water partition coefficient (Wildman–Crippen LogP) is 4.36. The number of ketones is 1. The van der Waals surface area contributed by atoms with Crippen molar-refractivity contribution in [1.29, 1.82) is 0 Å². The first-order chi connectivity index (χ1) is 14.0. The molecule has 1 atom stereocenters. The second-order valence-corrected chi connectivity index (χ2v) is 8.49. The molecule has 6 nitrogen and oxygen atoms in total. The van der Waals surface area contributed by atoms with Crippen molar-refractivity contribution in [2.24, 2.45) is 13.0 Å². The first-order valence-corrected chi connectivity index (χ1v) is 11.4. The fraction of sp³-hybridized carbons (Fsp3) is 0.455. The van der Waals surface area contributed by atoms with Crippen molar-refractivity contribution in [3.05, 3.63) is 58.4 Å². The summed E-state index contributed by atoms with van der Waals surface area (Å²) in [6.45, 7) is 4.69. The molecule has 31 heavy (non-hydrogen) atoms. The Morgan fingerprint density at radius 2 is 1.87 bits per heavy atom. The van der Waals surface area contributed by atoms with Crippen LogP contribution in [0.4, 0.5) is 11.5 Å². The van der Waals surface area contributed by atoms with Gasteiger partial charge in [0.25, 0.3) is 0 Å². The maximum Gasteiger partial charge on any atom is 2.00 e. The number of fused-ring (bicyclic) bond motifs is 1. The molecule has 1 aliphatic heterocycles. The van der Waals surface area contributed by atoms with Gasteiger partial charge in [-0.05, 0) is 18.8 Å². The molecule has 2 aliphatic rings. The second-order valence-electron chi connectivity index (χ2n) is 7.03. The topological polar surface area (TPSA) is 59.3 Å². The first-order valence-electron chi connectivity index (χ1n) is 9.91. The average Bonchev–Trinajstić information content (AvgIpc) is 3.51. The molecular formula is C22H30N4O2S2U. The molecule has 1 N–H and O–H groups in total. The Labute approximate surface area is 218 Å². The summed E-state index contributed by atoms with van der Waals surface area (Å²) in [5.41, 5.74) is 1.25. The molecule has 0 radical (unpaired) electrons. The van der Waals surface area contributed by atoms with Crippen LogP contribution in [0.25, 0.3) is 0 Å². The Morgan fingerprint density at radius 1 is 1.26 bits per heavy atom. The van der Waals surface area contributed by atoms with E-state index >= 15 is 0 Å². The molecule has 1 aromatic carbocycles. The van der Waals surface area contributed by atoms with E-state index in [0.29, 0.717) is 28.4 Å². The molecule has 0 amide bonds. The molecule has 1 fully saturated rings. The smallest absolute Gasteiger partial charge is 0.358 e. The molecule has 1 aromatic heterocycles. The number of rotatable bonds is 6. The number of anilines is 2. The van der Waals surface area contributed by atoms with Gasteiger partial charge in [0.2, 0.25) is 0 Å². The van der Waals surface area contributed by atoms with Gasteiger partial charge in [-0.3, -0.25) is 13.9 Å². The second kappa shape index (κ2) is 12.3. The van der Waals surface area contributed by atoms with Crippen LogP contribution in [0, 0.1) is 55.2 Å². The zero-order chi connectivity index (χ0) is 21.1. The summed E-state index contributed by atoms with van der Waals surface area (Å²) < 4.78 is 3.90. The van der Waals surface area contributed by atoms with Gasteiger partial charge in [-0.2, -0.15) is 30.3 Å². The molecule has 2 aromatic rings. The number of nitrogens with one attached hydrogen (secondary N) is 1. The normalized spacial score (nSPS) is 16.1. The Bertz CT molecular complexity index is 1000. The van der Waals surface area contributed by atoms with Gasteiger partial charge in [-0.15, -0.1) is 11.8 Å². The van der Waals surface area contributed by atoms with Crippen molar-refractivity contribution in [2.75, 3.05) is 23.0 Å². The molecule has 0 saturated heterocycles. The number of carbonyl (C=O) groups excluding carboxylic acids is 1. The number of hydrogen-bond donors (Lipinski definition) is 1. The van der Waals surface area contributed by atoms with Crippen LogP contribution < -0.4 is 15.9 Å². The van der Waals surface area contributed by atoms with Crippen LogP contribution in [0.3, 0.4) is 0 Å². The number of carbonyl (C=O) groups is 1. The number of nitrogens with zero attached hydrogens (tertiary/aromatic N) is 3. The molecule has 2 heterocycles. The van der Waals surface area contributed by atoms with Crippen molar-refractivity contribution in [3.8, 4) is 0 Å². The van der Waals surface area contributed by atoms with Crippen LogP contribution in [0.15, 0.2) is 29.1 Å². The van der Waals surface area contributed by atoms with Crippen molar-refractivity contribution in [1.82, 2.24) is 9.13 Å². The van der Waals surface area contributed by atoms with Gasteiger partial charge in [0.15, 0.2) is 0 Å². The first kappa shape index (κ1) is 28.0. The third-order valence-corrected chi connectivity index (χ3v) is 6.63.